The topological polar surface area (TPSA) is 45.2 Å². The molecule has 80 valence electrons. The maximum absolute atomic E-state index is 9.15. The van der Waals surface area contributed by atoms with Crippen molar-refractivity contribution in [3.63, 3.8) is 0 Å². The lowest BCUT2D eigenvalue weighted by Crippen LogP contribution is -2.27. The summed E-state index contributed by atoms with van der Waals surface area (Å²) in [6.45, 7) is 8.55. The van der Waals surface area contributed by atoms with E-state index >= 15 is 0 Å². The van der Waals surface area contributed by atoms with Crippen molar-refractivity contribution in [2.45, 2.75) is 39.8 Å². The Morgan fingerprint density at radius 3 is 2.50 bits per heavy atom. The van der Waals surface area contributed by atoms with Crippen molar-refractivity contribution in [3.8, 4) is 0 Å². The largest absolute Gasteiger partial charge is 0.392 e. The van der Waals surface area contributed by atoms with Gasteiger partial charge in [0.25, 0.3) is 0 Å². The maximum atomic E-state index is 9.15. The summed E-state index contributed by atoms with van der Waals surface area (Å²) < 4.78 is 0. The van der Waals surface area contributed by atoms with Crippen molar-refractivity contribution < 1.29 is 5.11 Å². The fourth-order valence-electron chi connectivity index (χ4n) is 1.39. The molecule has 0 saturated heterocycles. The molecule has 0 saturated carbocycles. The second-order valence-electron chi connectivity index (χ2n) is 3.66. The minimum absolute atomic E-state index is 0.274. The van der Waals surface area contributed by atoms with Crippen molar-refractivity contribution in [1.29, 1.82) is 0 Å². The van der Waals surface area contributed by atoms with E-state index in [2.05, 4.69) is 17.2 Å². The first-order valence-electron chi connectivity index (χ1n) is 4.86. The summed E-state index contributed by atoms with van der Waals surface area (Å²) in [5.74, 6) is 0. The molecular weight excluding hydrogens is 196 g/mol. The van der Waals surface area contributed by atoms with E-state index < -0.39 is 0 Å². The van der Waals surface area contributed by atoms with Crippen LogP contribution in [0.1, 0.15) is 35.5 Å². The zero-order chi connectivity index (χ0) is 10.7. The molecule has 0 spiro atoms. The van der Waals surface area contributed by atoms with Crippen molar-refractivity contribution in [2.24, 2.45) is 0 Å². The first kappa shape index (κ1) is 11.6. The van der Waals surface area contributed by atoms with Crippen LogP contribution >= 0.6 is 11.3 Å². The first-order chi connectivity index (χ1) is 6.50. The Hall–Kier alpha value is -0.450. The van der Waals surface area contributed by atoms with Crippen LogP contribution in [-0.2, 0) is 0 Å². The molecule has 0 aliphatic carbocycles. The van der Waals surface area contributed by atoms with Crippen LogP contribution in [0.2, 0.25) is 0 Å². The summed E-state index contributed by atoms with van der Waals surface area (Å²) in [7, 11) is 0. The monoisotopic (exact) mass is 214 g/mol. The highest BCUT2D eigenvalue weighted by atomic mass is 32.1. The quantitative estimate of drug-likeness (QED) is 0.803. The molecule has 1 rings (SSSR count). The van der Waals surface area contributed by atoms with Gasteiger partial charge in [-0.05, 0) is 27.7 Å². The van der Waals surface area contributed by atoms with E-state index in [-0.39, 0.29) is 12.1 Å². The second-order valence-corrected chi connectivity index (χ2v) is 4.90. The van der Waals surface area contributed by atoms with Crippen LogP contribution in [0.25, 0.3) is 0 Å². The molecule has 4 heteroatoms. The van der Waals surface area contributed by atoms with Gasteiger partial charge in [0, 0.05) is 17.5 Å². The molecule has 2 N–H and O–H groups in total. The molecule has 0 aliphatic rings. The smallest absolute Gasteiger partial charge is 0.0900 e. The minimum Gasteiger partial charge on any atom is -0.392 e. The highest BCUT2D eigenvalue weighted by Gasteiger charge is 2.12. The van der Waals surface area contributed by atoms with Gasteiger partial charge in [-0.2, -0.15) is 0 Å². The summed E-state index contributed by atoms with van der Waals surface area (Å²) in [5.41, 5.74) is 1.10. The van der Waals surface area contributed by atoms with Gasteiger partial charge < -0.3 is 10.4 Å². The van der Waals surface area contributed by atoms with Gasteiger partial charge in [-0.15, -0.1) is 11.3 Å². The zero-order valence-electron chi connectivity index (χ0n) is 9.16. The van der Waals surface area contributed by atoms with Crippen LogP contribution < -0.4 is 5.32 Å². The minimum atomic E-state index is -0.299. The number of hydrogen-bond acceptors (Lipinski definition) is 4. The van der Waals surface area contributed by atoms with E-state index in [9.17, 15) is 0 Å². The van der Waals surface area contributed by atoms with Crippen LogP contribution in [0.5, 0.6) is 0 Å². The number of rotatable bonds is 4. The Morgan fingerprint density at radius 2 is 2.07 bits per heavy atom. The molecule has 0 bridgehead atoms. The Kier molecular flexibility index (Phi) is 4.04. The first-order valence-corrected chi connectivity index (χ1v) is 5.67. The summed E-state index contributed by atoms with van der Waals surface area (Å²) in [4.78, 5) is 5.64. The number of nitrogens with one attached hydrogen (secondary N) is 1. The molecule has 1 heterocycles. The van der Waals surface area contributed by atoms with Gasteiger partial charge >= 0.3 is 0 Å². The lowest BCUT2D eigenvalue weighted by atomic mass is 10.2. The molecule has 0 aromatic carbocycles. The summed E-state index contributed by atoms with van der Waals surface area (Å²) in [6.07, 6.45) is -0.299. The van der Waals surface area contributed by atoms with E-state index in [0.29, 0.717) is 6.54 Å². The number of thiazole rings is 1. The number of nitrogens with zero attached hydrogens (tertiary/aromatic N) is 1. The van der Waals surface area contributed by atoms with E-state index in [1.54, 1.807) is 18.3 Å². The third-order valence-corrected chi connectivity index (χ3v) is 3.31. The van der Waals surface area contributed by atoms with Crippen molar-refractivity contribution in [3.05, 3.63) is 15.6 Å². The number of hydrogen-bond donors (Lipinski definition) is 2. The van der Waals surface area contributed by atoms with Crippen LogP contribution in [0.4, 0.5) is 0 Å². The zero-order valence-corrected chi connectivity index (χ0v) is 9.98. The average Bonchev–Trinajstić information content (AvgIpc) is 2.41. The number of aryl methyl sites for hydroxylation is 2. The molecule has 2 atom stereocenters. The van der Waals surface area contributed by atoms with Gasteiger partial charge in [-0.1, -0.05) is 0 Å². The van der Waals surface area contributed by atoms with Crippen molar-refractivity contribution >= 4 is 11.3 Å². The standard InChI is InChI=1S/C10H18N2OS/c1-6(13)5-11-7(2)10-8(3)12-9(4)14-10/h6-7,11,13H,5H2,1-4H3/t6-,7?/m1/s1. The Labute approximate surface area is 89.2 Å². The lowest BCUT2D eigenvalue weighted by Gasteiger charge is -2.13. The molecule has 0 aliphatic heterocycles. The van der Waals surface area contributed by atoms with Gasteiger partial charge in [0.15, 0.2) is 0 Å². The fraction of sp³-hybridized carbons (Fsp3) is 0.700. The van der Waals surface area contributed by atoms with Gasteiger partial charge in [0.2, 0.25) is 0 Å². The Bertz CT molecular complexity index is 296. The molecule has 1 aromatic rings. The van der Waals surface area contributed by atoms with Gasteiger partial charge in [0.1, 0.15) is 0 Å². The van der Waals surface area contributed by atoms with E-state index in [1.165, 1.54) is 4.88 Å². The molecule has 14 heavy (non-hydrogen) atoms. The maximum Gasteiger partial charge on any atom is 0.0900 e. The molecule has 0 amide bonds. The summed E-state index contributed by atoms with van der Waals surface area (Å²) in [6, 6.07) is 0.274. The van der Waals surface area contributed by atoms with Crippen LogP contribution in [0.15, 0.2) is 0 Å². The number of aliphatic hydroxyl groups excluding tert-OH is 1. The summed E-state index contributed by atoms with van der Waals surface area (Å²) in [5, 5.41) is 13.5. The number of aromatic nitrogens is 1. The van der Waals surface area contributed by atoms with Gasteiger partial charge in [0.05, 0.1) is 16.8 Å². The van der Waals surface area contributed by atoms with E-state index in [4.69, 9.17) is 5.11 Å². The molecular formula is C10H18N2OS. The normalized spacial score (nSPS) is 15.5. The SMILES string of the molecule is Cc1nc(C)c(C(C)NC[C@@H](C)O)s1. The molecule has 3 nitrogen and oxygen atoms in total. The van der Waals surface area contributed by atoms with E-state index in [1.807, 2.05) is 13.8 Å². The third-order valence-electron chi connectivity index (χ3n) is 2.05. The highest BCUT2D eigenvalue weighted by Crippen LogP contribution is 2.24. The second kappa shape index (κ2) is 4.87. The third kappa shape index (κ3) is 3.04. The molecule has 1 aromatic heterocycles. The van der Waals surface area contributed by atoms with Crippen LogP contribution in [-0.4, -0.2) is 22.7 Å². The number of aliphatic hydroxyl groups is 1. The molecule has 0 fully saturated rings. The Morgan fingerprint density at radius 1 is 1.43 bits per heavy atom. The predicted octanol–water partition coefficient (Wildman–Crippen LogP) is 1.79. The molecule has 1 unspecified atom stereocenters. The van der Waals surface area contributed by atoms with E-state index in [0.717, 1.165) is 10.7 Å². The average molecular weight is 214 g/mol. The van der Waals surface area contributed by atoms with Crippen molar-refractivity contribution in [2.75, 3.05) is 6.54 Å². The van der Waals surface area contributed by atoms with Crippen LogP contribution in [0, 0.1) is 13.8 Å². The predicted molar refractivity (Wildman–Crippen MR) is 59.7 cm³/mol. The fourth-order valence-corrected chi connectivity index (χ4v) is 2.34. The van der Waals surface area contributed by atoms with Crippen LogP contribution in [0.3, 0.4) is 0 Å². The molecule has 0 radical (unpaired) electrons. The lowest BCUT2D eigenvalue weighted by molar-refractivity contribution is 0.187. The Balaban J connectivity index is 2.60. The summed E-state index contributed by atoms with van der Waals surface area (Å²) >= 11 is 1.72. The highest BCUT2D eigenvalue weighted by molar-refractivity contribution is 7.11. The van der Waals surface area contributed by atoms with Gasteiger partial charge in [-0.25, -0.2) is 4.98 Å². The van der Waals surface area contributed by atoms with Gasteiger partial charge in [-0.3, -0.25) is 0 Å². The van der Waals surface area contributed by atoms with Crippen molar-refractivity contribution in [1.82, 2.24) is 10.3 Å².